The average molecular weight is 262 g/mol. The van der Waals surface area contributed by atoms with Gasteiger partial charge in [0.2, 0.25) is 0 Å². The summed E-state index contributed by atoms with van der Waals surface area (Å²) < 4.78 is 0. The highest BCUT2D eigenvalue weighted by atomic mass is 16.4. The second-order valence-corrected chi connectivity index (χ2v) is 4.98. The Hall–Kier alpha value is -1.39. The van der Waals surface area contributed by atoms with E-state index in [1.165, 1.54) is 5.56 Å². The van der Waals surface area contributed by atoms with E-state index in [4.69, 9.17) is 0 Å². The van der Waals surface area contributed by atoms with E-state index in [9.17, 15) is 9.90 Å². The Bertz CT molecular complexity index is 409. The van der Waals surface area contributed by atoms with Crippen molar-refractivity contribution in [1.29, 1.82) is 0 Å². The van der Waals surface area contributed by atoms with Gasteiger partial charge in [0.1, 0.15) is 6.04 Å². The molecule has 0 bridgehead atoms. The molecule has 1 aliphatic heterocycles. The maximum Gasteiger partial charge on any atom is 0.325 e. The fourth-order valence-electron chi connectivity index (χ4n) is 2.57. The van der Waals surface area contributed by atoms with E-state index >= 15 is 0 Å². The predicted octanol–water partition coefficient (Wildman–Crippen LogP) is 1.67. The first-order valence-electron chi connectivity index (χ1n) is 6.98. The Labute approximate surface area is 114 Å². The number of carbonyl (C=O) groups is 1. The molecule has 2 N–H and O–H groups in total. The highest BCUT2D eigenvalue weighted by Gasteiger charge is 2.27. The molecule has 104 valence electrons. The first-order chi connectivity index (χ1) is 9.22. The molecule has 0 amide bonds. The van der Waals surface area contributed by atoms with Crippen molar-refractivity contribution in [3.63, 3.8) is 0 Å². The molecule has 1 fully saturated rings. The van der Waals surface area contributed by atoms with E-state index in [1.807, 2.05) is 24.3 Å². The molecule has 1 unspecified atom stereocenters. The lowest BCUT2D eigenvalue weighted by Gasteiger charge is -2.27. The summed E-state index contributed by atoms with van der Waals surface area (Å²) in [4.78, 5) is 13.7. The summed E-state index contributed by atoms with van der Waals surface area (Å²) in [5, 5.41) is 12.8. The van der Waals surface area contributed by atoms with Gasteiger partial charge in [0, 0.05) is 19.6 Å². The minimum atomic E-state index is -0.758. The van der Waals surface area contributed by atoms with Crippen LogP contribution in [0.15, 0.2) is 24.3 Å². The molecule has 0 saturated carbocycles. The molecule has 0 radical (unpaired) electrons. The number of aliphatic carboxylic acids is 1. The summed E-state index contributed by atoms with van der Waals surface area (Å²) in [6, 6.07) is 7.44. The van der Waals surface area contributed by atoms with Crippen LogP contribution in [0.1, 0.15) is 30.5 Å². The summed E-state index contributed by atoms with van der Waals surface area (Å²) in [5.41, 5.74) is 2.12. The van der Waals surface area contributed by atoms with Gasteiger partial charge in [-0.2, -0.15) is 0 Å². The van der Waals surface area contributed by atoms with Crippen LogP contribution in [0.2, 0.25) is 0 Å². The third-order valence-corrected chi connectivity index (χ3v) is 3.68. The summed E-state index contributed by atoms with van der Waals surface area (Å²) in [7, 11) is 0. The predicted molar refractivity (Wildman–Crippen MR) is 75.3 cm³/mol. The number of nitrogens with zero attached hydrogens (tertiary/aromatic N) is 1. The Kier molecular flexibility index (Phi) is 4.93. The molecule has 1 heterocycles. The van der Waals surface area contributed by atoms with Gasteiger partial charge in [-0.05, 0) is 30.5 Å². The van der Waals surface area contributed by atoms with Gasteiger partial charge < -0.3 is 10.4 Å². The minimum Gasteiger partial charge on any atom is -0.480 e. The second kappa shape index (κ2) is 6.68. The van der Waals surface area contributed by atoms with Crippen LogP contribution in [-0.4, -0.2) is 42.2 Å². The van der Waals surface area contributed by atoms with Crippen molar-refractivity contribution >= 4 is 5.97 Å². The number of hydrogen-bond acceptors (Lipinski definition) is 3. The molecule has 1 aliphatic rings. The maximum atomic E-state index is 11.6. The quantitative estimate of drug-likeness (QED) is 0.866. The zero-order valence-electron chi connectivity index (χ0n) is 11.4. The minimum absolute atomic E-state index is 0.522. The number of carboxylic acid groups (broad SMARTS) is 1. The van der Waals surface area contributed by atoms with Crippen molar-refractivity contribution < 1.29 is 9.90 Å². The lowest BCUT2D eigenvalue weighted by Crippen LogP contribution is -2.36. The highest BCUT2D eigenvalue weighted by molar-refractivity contribution is 5.75. The zero-order chi connectivity index (χ0) is 13.7. The van der Waals surface area contributed by atoms with Crippen LogP contribution in [-0.2, 0) is 11.2 Å². The fourth-order valence-corrected chi connectivity index (χ4v) is 2.57. The lowest BCUT2D eigenvalue weighted by atomic mass is 10.0. The smallest absolute Gasteiger partial charge is 0.325 e. The topological polar surface area (TPSA) is 52.6 Å². The molecule has 19 heavy (non-hydrogen) atoms. The molecule has 1 saturated heterocycles. The van der Waals surface area contributed by atoms with E-state index in [-0.39, 0.29) is 0 Å². The molecular formula is C15H22N2O2. The van der Waals surface area contributed by atoms with Gasteiger partial charge in [0.05, 0.1) is 0 Å². The molecule has 0 aliphatic carbocycles. The van der Waals surface area contributed by atoms with Gasteiger partial charge in [-0.1, -0.05) is 31.2 Å². The standard InChI is InChI=1S/C15H22N2O2/c1-2-12-4-6-13(7-5-12)14(15(18)19)17-10-3-8-16-9-11-17/h4-7,14,16H,2-3,8-11H2,1H3,(H,18,19). The van der Waals surface area contributed by atoms with Gasteiger partial charge in [-0.3, -0.25) is 9.69 Å². The largest absolute Gasteiger partial charge is 0.480 e. The molecule has 1 aromatic carbocycles. The molecule has 1 atom stereocenters. The normalized spacial score (nSPS) is 18.8. The highest BCUT2D eigenvalue weighted by Crippen LogP contribution is 2.22. The van der Waals surface area contributed by atoms with E-state index in [0.717, 1.165) is 44.6 Å². The number of hydrogen-bond donors (Lipinski definition) is 2. The van der Waals surface area contributed by atoms with Crippen LogP contribution in [0, 0.1) is 0 Å². The average Bonchev–Trinajstić information content (AvgIpc) is 2.68. The molecule has 4 nitrogen and oxygen atoms in total. The van der Waals surface area contributed by atoms with Crippen LogP contribution < -0.4 is 5.32 Å². The number of aryl methyl sites for hydroxylation is 1. The Morgan fingerprint density at radius 1 is 1.32 bits per heavy atom. The molecular weight excluding hydrogens is 240 g/mol. The summed E-state index contributed by atoms with van der Waals surface area (Å²) in [6.45, 7) is 5.55. The Balaban J connectivity index is 2.20. The number of benzene rings is 1. The number of rotatable bonds is 4. The molecule has 2 rings (SSSR count). The van der Waals surface area contributed by atoms with Crippen molar-refractivity contribution in [1.82, 2.24) is 10.2 Å². The van der Waals surface area contributed by atoms with Crippen molar-refractivity contribution in [3.05, 3.63) is 35.4 Å². The number of nitrogens with one attached hydrogen (secondary N) is 1. The second-order valence-electron chi connectivity index (χ2n) is 4.98. The van der Waals surface area contributed by atoms with Crippen LogP contribution in [0.5, 0.6) is 0 Å². The summed E-state index contributed by atoms with van der Waals surface area (Å²) in [6.07, 6.45) is 1.97. The number of carboxylic acids is 1. The van der Waals surface area contributed by atoms with E-state index in [1.54, 1.807) is 0 Å². The third-order valence-electron chi connectivity index (χ3n) is 3.68. The monoisotopic (exact) mass is 262 g/mol. The first kappa shape index (κ1) is 14.0. The van der Waals surface area contributed by atoms with E-state index in [0.29, 0.717) is 0 Å². The third kappa shape index (κ3) is 3.55. The van der Waals surface area contributed by atoms with Gasteiger partial charge in [0.25, 0.3) is 0 Å². The van der Waals surface area contributed by atoms with Crippen LogP contribution in [0.4, 0.5) is 0 Å². The summed E-state index contributed by atoms with van der Waals surface area (Å²) in [5.74, 6) is -0.758. The van der Waals surface area contributed by atoms with Gasteiger partial charge in [-0.25, -0.2) is 0 Å². The SMILES string of the molecule is CCc1ccc(C(C(=O)O)N2CCCNCC2)cc1. The Morgan fingerprint density at radius 2 is 2.05 bits per heavy atom. The van der Waals surface area contributed by atoms with Crippen molar-refractivity contribution in [3.8, 4) is 0 Å². The molecule has 0 spiro atoms. The van der Waals surface area contributed by atoms with Crippen molar-refractivity contribution in [2.24, 2.45) is 0 Å². The van der Waals surface area contributed by atoms with Crippen molar-refractivity contribution in [2.45, 2.75) is 25.8 Å². The van der Waals surface area contributed by atoms with Crippen molar-refractivity contribution in [2.75, 3.05) is 26.2 Å². The van der Waals surface area contributed by atoms with E-state index < -0.39 is 12.0 Å². The van der Waals surface area contributed by atoms with Gasteiger partial charge in [0.15, 0.2) is 0 Å². The van der Waals surface area contributed by atoms with Crippen LogP contribution in [0.3, 0.4) is 0 Å². The lowest BCUT2D eigenvalue weighted by molar-refractivity contribution is -0.143. The molecule has 0 aromatic heterocycles. The van der Waals surface area contributed by atoms with Crippen LogP contribution >= 0.6 is 0 Å². The summed E-state index contributed by atoms with van der Waals surface area (Å²) >= 11 is 0. The van der Waals surface area contributed by atoms with E-state index in [2.05, 4.69) is 17.1 Å². The first-order valence-corrected chi connectivity index (χ1v) is 6.98. The fraction of sp³-hybridized carbons (Fsp3) is 0.533. The molecule has 4 heteroatoms. The Morgan fingerprint density at radius 3 is 2.68 bits per heavy atom. The zero-order valence-corrected chi connectivity index (χ0v) is 11.4. The van der Waals surface area contributed by atoms with Gasteiger partial charge >= 0.3 is 5.97 Å². The maximum absolute atomic E-state index is 11.6. The van der Waals surface area contributed by atoms with Crippen LogP contribution in [0.25, 0.3) is 0 Å². The molecule has 1 aromatic rings. The van der Waals surface area contributed by atoms with Gasteiger partial charge in [-0.15, -0.1) is 0 Å².